The number of aromatic nitrogens is 1. The third-order valence-corrected chi connectivity index (χ3v) is 4.82. The number of ether oxygens (including phenoxy) is 1. The van der Waals surface area contributed by atoms with E-state index in [1.54, 1.807) is 30.3 Å². The summed E-state index contributed by atoms with van der Waals surface area (Å²) in [6.45, 7) is 0. The molecule has 3 aromatic rings. The van der Waals surface area contributed by atoms with Gasteiger partial charge in [0, 0.05) is 25.6 Å². The van der Waals surface area contributed by atoms with Crippen LogP contribution in [0.5, 0.6) is 11.5 Å². The molecular formula is C23H18F3N3Na2O6. The van der Waals surface area contributed by atoms with Crippen molar-refractivity contribution in [3.05, 3.63) is 76.7 Å². The Hall–Kier alpha value is -2.48. The van der Waals surface area contributed by atoms with Gasteiger partial charge < -0.3 is 34.9 Å². The molecule has 0 aliphatic rings. The van der Waals surface area contributed by atoms with Crippen molar-refractivity contribution in [1.82, 2.24) is 9.88 Å². The van der Waals surface area contributed by atoms with Crippen molar-refractivity contribution in [1.29, 1.82) is 0 Å². The fourth-order valence-corrected chi connectivity index (χ4v) is 3.27. The van der Waals surface area contributed by atoms with E-state index in [1.807, 2.05) is 0 Å². The summed E-state index contributed by atoms with van der Waals surface area (Å²) in [7, 11) is 1.35. The molecule has 1 aromatic heterocycles. The van der Waals surface area contributed by atoms with Crippen molar-refractivity contribution < 1.29 is 96.8 Å². The number of halogens is 3. The predicted octanol–water partition coefficient (Wildman–Crippen LogP) is -3.96. The summed E-state index contributed by atoms with van der Waals surface area (Å²) in [5, 5.41) is 27.6. The zero-order valence-electron chi connectivity index (χ0n) is 20.1. The summed E-state index contributed by atoms with van der Waals surface area (Å²) < 4.78 is 43.8. The predicted molar refractivity (Wildman–Crippen MR) is 114 cm³/mol. The van der Waals surface area contributed by atoms with Crippen molar-refractivity contribution >= 4 is 17.7 Å². The average Bonchev–Trinajstić information content (AvgIpc) is 2.78. The molecule has 0 saturated heterocycles. The van der Waals surface area contributed by atoms with Crippen LogP contribution < -0.4 is 90.3 Å². The van der Waals surface area contributed by atoms with Crippen LogP contribution in [0.4, 0.5) is 23.7 Å². The van der Waals surface area contributed by atoms with Crippen molar-refractivity contribution in [2.24, 2.45) is 7.05 Å². The molecule has 0 bridgehead atoms. The topological polar surface area (TPSA) is 136 Å². The molecule has 184 valence electrons. The van der Waals surface area contributed by atoms with Crippen LogP contribution in [0.15, 0.2) is 65.6 Å². The maximum atomic E-state index is 12.9. The molecule has 14 heteroatoms. The van der Waals surface area contributed by atoms with Gasteiger partial charge in [0.2, 0.25) is 0 Å². The number of nitrogens with one attached hydrogen (secondary N) is 2. The maximum Gasteiger partial charge on any atom is 1.00 e. The van der Waals surface area contributed by atoms with Gasteiger partial charge in [0.25, 0.3) is 5.56 Å². The first-order valence-electron chi connectivity index (χ1n) is 10.0. The van der Waals surface area contributed by atoms with Crippen LogP contribution in [0.25, 0.3) is 11.1 Å². The summed E-state index contributed by atoms with van der Waals surface area (Å²) in [6, 6.07) is 10.2. The second kappa shape index (κ2) is 13.9. The molecule has 0 unspecified atom stereocenters. The zero-order chi connectivity index (χ0) is 25.8. The number of rotatable bonds is 7. The number of carboxylic acids is 1. The molecule has 1 heterocycles. The first kappa shape index (κ1) is 32.5. The molecule has 2 N–H and O–H groups in total. The number of carboxylic acid groups (broad SMARTS) is 1. The molecule has 0 fully saturated rings. The van der Waals surface area contributed by atoms with E-state index in [-0.39, 0.29) is 70.2 Å². The van der Waals surface area contributed by atoms with Crippen molar-refractivity contribution in [3.63, 3.8) is 0 Å². The number of nitrogens with zero attached hydrogens (tertiary/aromatic N) is 1. The maximum absolute atomic E-state index is 12.9. The monoisotopic (exact) mass is 535 g/mol. The van der Waals surface area contributed by atoms with Crippen LogP contribution in [0.2, 0.25) is 0 Å². The summed E-state index contributed by atoms with van der Waals surface area (Å²) in [6.07, 6.45) is -4.66. The minimum Gasteiger partial charge on any atom is -0.871 e. The number of pyridine rings is 1. The number of carbonyl (C=O) groups excluding carboxylic acids is 2. The van der Waals surface area contributed by atoms with Gasteiger partial charge in [0.05, 0.1) is 6.04 Å². The Bertz CT molecular complexity index is 1300. The normalized spacial score (nSPS) is 11.4. The molecule has 9 nitrogen and oxygen atoms in total. The van der Waals surface area contributed by atoms with Gasteiger partial charge >= 0.3 is 71.5 Å². The molecule has 1 atom stereocenters. The summed E-state index contributed by atoms with van der Waals surface area (Å²) >= 11 is 0. The van der Waals surface area contributed by atoms with E-state index in [1.165, 1.54) is 19.3 Å². The molecule has 0 saturated carbocycles. The number of anilines is 1. The third-order valence-electron chi connectivity index (χ3n) is 4.82. The second-order valence-corrected chi connectivity index (χ2v) is 7.40. The largest absolute Gasteiger partial charge is 1.00 e. The minimum absolute atomic E-state index is 0. The molecule has 0 spiro atoms. The number of aliphatic carboxylic acids is 1. The van der Waals surface area contributed by atoms with E-state index in [0.717, 1.165) is 22.8 Å². The van der Waals surface area contributed by atoms with Crippen LogP contribution in [-0.2, 0) is 11.8 Å². The first-order chi connectivity index (χ1) is 16.4. The first-order valence-corrected chi connectivity index (χ1v) is 10.0. The third kappa shape index (κ3) is 9.40. The number of hydrogen-bond acceptors (Lipinski definition) is 6. The fraction of sp³-hybridized carbons (Fsp3) is 0.174. The number of amides is 2. The van der Waals surface area contributed by atoms with Crippen LogP contribution in [-0.4, -0.2) is 22.9 Å². The number of hydrogen-bond donors (Lipinski definition) is 2. The van der Waals surface area contributed by atoms with Crippen molar-refractivity contribution in [3.8, 4) is 22.6 Å². The summed E-state index contributed by atoms with van der Waals surface area (Å²) in [5.74, 6) is -3.04. The van der Waals surface area contributed by atoms with E-state index in [2.05, 4.69) is 15.4 Å². The van der Waals surface area contributed by atoms with Crippen LogP contribution in [0.3, 0.4) is 0 Å². The van der Waals surface area contributed by atoms with E-state index >= 15 is 0 Å². The summed E-state index contributed by atoms with van der Waals surface area (Å²) in [5.41, 5.74) is -0.684. The molecule has 0 aliphatic heterocycles. The molecule has 37 heavy (non-hydrogen) atoms. The Morgan fingerprint density at radius 3 is 2.30 bits per heavy atom. The smallest absolute Gasteiger partial charge is 0.871 e. The van der Waals surface area contributed by atoms with Gasteiger partial charge in [0.15, 0.2) is 0 Å². The number of alkyl halides is 3. The number of urea groups is 1. The number of aryl methyl sites for hydroxylation is 1. The van der Waals surface area contributed by atoms with Gasteiger partial charge in [-0.3, -0.25) is 4.79 Å². The fourth-order valence-electron chi connectivity index (χ4n) is 3.27. The van der Waals surface area contributed by atoms with Gasteiger partial charge in [-0.1, -0.05) is 42.1 Å². The Kier molecular flexibility index (Phi) is 12.2. The molecule has 3 rings (SSSR count). The van der Waals surface area contributed by atoms with Gasteiger partial charge in [-0.15, -0.1) is 13.2 Å². The molecule has 0 radical (unpaired) electrons. The van der Waals surface area contributed by atoms with Crippen molar-refractivity contribution in [2.75, 3.05) is 5.32 Å². The van der Waals surface area contributed by atoms with Gasteiger partial charge in [-0.25, -0.2) is 4.79 Å². The quantitative estimate of drug-likeness (QED) is 0.297. The average molecular weight is 535 g/mol. The van der Waals surface area contributed by atoms with E-state index in [0.29, 0.717) is 5.56 Å². The van der Waals surface area contributed by atoms with Gasteiger partial charge in [-0.05, 0) is 34.9 Å². The second-order valence-electron chi connectivity index (χ2n) is 7.40. The van der Waals surface area contributed by atoms with E-state index in [9.17, 15) is 37.8 Å². The van der Waals surface area contributed by atoms with Crippen molar-refractivity contribution in [2.45, 2.75) is 18.8 Å². The molecular weight excluding hydrogens is 517 g/mol. The molecule has 2 amide bonds. The van der Waals surface area contributed by atoms with E-state index in [4.69, 9.17) is 0 Å². The Morgan fingerprint density at radius 1 is 1.05 bits per heavy atom. The Morgan fingerprint density at radius 2 is 1.70 bits per heavy atom. The van der Waals surface area contributed by atoms with Crippen LogP contribution in [0.1, 0.15) is 18.0 Å². The minimum atomic E-state index is -5.03. The Balaban J connectivity index is 0.00000342. The van der Waals surface area contributed by atoms with Crippen LogP contribution in [0, 0.1) is 0 Å². The van der Waals surface area contributed by atoms with Crippen LogP contribution >= 0.6 is 0 Å². The molecule has 2 aromatic carbocycles. The zero-order valence-corrected chi connectivity index (χ0v) is 24.1. The van der Waals surface area contributed by atoms with Gasteiger partial charge in [-0.2, -0.15) is 0 Å². The number of benzene rings is 2. The summed E-state index contributed by atoms with van der Waals surface area (Å²) in [4.78, 5) is 36.0. The molecule has 0 aliphatic carbocycles. The Labute approximate surface area is 253 Å². The van der Waals surface area contributed by atoms with Gasteiger partial charge in [0.1, 0.15) is 11.4 Å². The number of carbonyl (C=O) groups is 2. The van der Waals surface area contributed by atoms with E-state index < -0.39 is 53.6 Å². The standard InChI is InChI=1S/C23H20F3N3O6.2Na/c1-29-8-7-18(30)20(21(29)33)28-22(34)27-17(12-19(31)32)15-9-14(13-5-3-2-4-6-13)10-16(11-15)35-23(24,25)26;;/h2-11,17,30H,12H2,1H3,(H,31,32)(H2,27,28,34);;/q;2*+1/p-2/t17-;;/m0../s1. The SMILES string of the molecule is Cn1ccc([O-])c(NC(=O)N[C@@H](CC(=O)[O-])c2cc(OC(F)(F)F)cc(-c3ccccc3)c2)c1=O.[Na+].[Na+].